The van der Waals surface area contributed by atoms with Crippen molar-refractivity contribution in [2.24, 2.45) is 0 Å². The standard InChI is InChI=1S/C11H12INS3/c1-3-7(2)15-16-11-13-9-5-4-8(12)6-10(9)14-11/h4-7H,3H2,1-2H3. The summed E-state index contributed by atoms with van der Waals surface area (Å²) in [6.07, 6.45) is 1.21. The Morgan fingerprint density at radius 1 is 1.50 bits per heavy atom. The van der Waals surface area contributed by atoms with Gasteiger partial charge in [-0.2, -0.15) is 0 Å². The minimum absolute atomic E-state index is 0.692. The van der Waals surface area contributed by atoms with E-state index in [0.29, 0.717) is 5.25 Å². The van der Waals surface area contributed by atoms with Gasteiger partial charge in [-0.3, -0.25) is 0 Å². The molecule has 86 valence electrons. The Bertz CT molecular complexity index is 483. The van der Waals surface area contributed by atoms with Crippen molar-refractivity contribution in [3.8, 4) is 0 Å². The van der Waals surface area contributed by atoms with Gasteiger partial charge < -0.3 is 0 Å². The summed E-state index contributed by atoms with van der Waals surface area (Å²) in [7, 11) is 3.72. The molecule has 0 aliphatic heterocycles. The number of benzene rings is 1. The molecule has 16 heavy (non-hydrogen) atoms. The summed E-state index contributed by atoms with van der Waals surface area (Å²) in [6.45, 7) is 4.48. The summed E-state index contributed by atoms with van der Waals surface area (Å²) in [4.78, 5) is 4.62. The molecule has 1 aromatic heterocycles. The van der Waals surface area contributed by atoms with Gasteiger partial charge in [-0.05, 0) is 58.0 Å². The van der Waals surface area contributed by atoms with Crippen LogP contribution in [0.4, 0.5) is 0 Å². The average Bonchev–Trinajstić information content (AvgIpc) is 2.67. The maximum Gasteiger partial charge on any atom is 0.161 e. The molecule has 0 bridgehead atoms. The van der Waals surface area contributed by atoms with Crippen LogP contribution in [0.25, 0.3) is 10.2 Å². The van der Waals surface area contributed by atoms with Crippen molar-refractivity contribution in [2.45, 2.75) is 29.9 Å². The summed E-state index contributed by atoms with van der Waals surface area (Å²) in [5.41, 5.74) is 1.12. The van der Waals surface area contributed by atoms with Crippen molar-refractivity contribution >= 4 is 65.7 Å². The zero-order valence-corrected chi connectivity index (χ0v) is 13.7. The number of thiazole rings is 1. The fraction of sp³-hybridized carbons (Fsp3) is 0.364. The molecule has 1 heterocycles. The lowest BCUT2D eigenvalue weighted by molar-refractivity contribution is 0.912. The van der Waals surface area contributed by atoms with Gasteiger partial charge in [0.15, 0.2) is 4.34 Å². The fourth-order valence-corrected chi connectivity index (χ4v) is 5.39. The second kappa shape index (κ2) is 5.93. The summed E-state index contributed by atoms with van der Waals surface area (Å²) in [6, 6.07) is 6.41. The largest absolute Gasteiger partial charge is 0.229 e. The summed E-state index contributed by atoms with van der Waals surface area (Å²) in [5.74, 6) is 0. The topological polar surface area (TPSA) is 12.9 Å². The van der Waals surface area contributed by atoms with Gasteiger partial charge in [-0.15, -0.1) is 11.3 Å². The van der Waals surface area contributed by atoms with Crippen LogP contribution in [-0.4, -0.2) is 10.2 Å². The van der Waals surface area contributed by atoms with Crippen LogP contribution in [-0.2, 0) is 0 Å². The second-order valence-electron chi connectivity index (χ2n) is 3.49. The Morgan fingerprint density at radius 3 is 3.06 bits per heavy atom. The first-order chi connectivity index (χ1) is 7.69. The molecule has 0 saturated heterocycles. The van der Waals surface area contributed by atoms with Crippen LogP contribution in [0.5, 0.6) is 0 Å². The van der Waals surface area contributed by atoms with Gasteiger partial charge in [0.25, 0.3) is 0 Å². The molecule has 0 fully saturated rings. The van der Waals surface area contributed by atoms with Crippen LogP contribution < -0.4 is 0 Å². The van der Waals surface area contributed by atoms with Gasteiger partial charge in [0.05, 0.1) is 10.2 Å². The summed E-state index contributed by atoms with van der Waals surface area (Å²) in [5, 5.41) is 0.692. The molecule has 1 unspecified atom stereocenters. The molecule has 0 saturated carbocycles. The van der Waals surface area contributed by atoms with Crippen molar-refractivity contribution in [1.29, 1.82) is 0 Å². The number of rotatable bonds is 4. The molecular weight excluding hydrogens is 369 g/mol. The number of halogens is 1. The molecule has 0 aliphatic carbocycles. The Labute approximate surface area is 121 Å². The quantitative estimate of drug-likeness (QED) is 0.517. The predicted molar refractivity (Wildman–Crippen MR) is 85.5 cm³/mol. The van der Waals surface area contributed by atoms with Gasteiger partial charge in [0, 0.05) is 8.82 Å². The smallest absolute Gasteiger partial charge is 0.161 e. The van der Waals surface area contributed by atoms with Gasteiger partial charge in [0.2, 0.25) is 0 Å². The van der Waals surface area contributed by atoms with Gasteiger partial charge in [0.1, 0.15) is 0 Å². The molecule has 5 heteroatoms. The fourth-order valence-electron chi connectivity index (χ4n) is 1.10. The van der Waals surface area contributed by atoms with Crippen LogP contribution in [0.15, 0.2) is 22.5 Å². The van der Waals surface area contributed by atoms with E-state index in [9.17, 15) is 0 Å². The van der Waals surface area contributed by atoms with E-state index in [0.717, 1.165) is 5.52 Å². The van der Waals surface area contributed by atoms with E-state index in [4.69, 9.17) is 0 Å². The van der Waals surface area contributed by atoms with Crippen LogP contribution in [0.2, 0.25) is 0 Å². The number of aromatic nitrogens is 1. The number of nitrogens with zero attached hydrogens (tertiary/aromatic N) is 1. The third-order valence-electron chi connectivity index (χ3n) is 2.19. The van der Waals surface area contributed by atoms with Crippen molar-refractivity contribution in [2.75, 3.05) is 0 Å². The van der Waals surface area contributed by atoms with Crippen LogP contribution in [0, 0.1) is 3.57 Å². The first-order valence-corrected chi connectivity index (χ1v) is 9.19. The van der Waals surface area contributed by atoms with Crippen molar-refractivity contribution in [1.82, 2.24) is 4.98 Å². The maximum absolute atomic E-state index is 4.62. The zero-order valence-electron chi connectivity index (χ0n) is 9.07. The second-order valence-corrected chi connectivity index (χ2v) is 8.65. The van der Waals surface area contributed by atoms with Crippen LogP contribution in [0.1, 0.15) is 20.3 Å². The molecule has 2 rings (SSSR count). The Balaban J connectivity index is 2.13. The minimum atomic E-state index is 0.692. The molecule has 1 atom stereocenters. The average molecular weight is 381 g/mol. The number of fused-ring (bicyclic) bond motifs is 1. The first-order valence-electron chi connectivity index (χ1n) is 5.08. The summed E-state index contributed by atoms with van der Waals surface area (Å²) < 4.78 is 3.74. The highest BCUT2D eigenvalue weighted by molar-refractivity contribution is 14.1. The molecule has 0 spiro atoms. The van der Waals surface area contributed by atoms with E-state index in [2.05, 4.69) is 59.6 Å². The first kappa shape index (κ1) is 13.0. The number of hydrogen-bond donors (Lipinski definition) is 0. The lowest BCUT2D eigenvalue weighted by Crippen LogP contribution is -1.87. The van der Waals surface area contributed by atoms with E-state index >= 15 is 0 Å². The molecule has 0 aliphatic rings. The molecule has 1 aromatic carbocycles. The maximum atomic E-state index is 4.62. The monoisotopic (exact) mass is 381 g/mol. The van der Waals surface area contributed by atoms with E-state index in [1.165, 1.54) is 19.0 Å². The minimum Gasteiger partial charge on any atom is -0.229 e. The van der Waals surface area contributed by atoms with Gasteiger partial charge >= 0.3 is 0 Å². The molecule has 0 amide bonds. The lowest BCUT2D eigenvalue weighted by atomic mass is 10.3. The van der Waals surface area contributed by atoms with Crippen molar-refractivity contribution in [3.63, 3.8) is 0 Å². The summed E-state index contributed by atoms with van der Waals surface area (Å²) >= 11 is 4.13. The van der Waals surface area contributed by atoms with E-state index in [-0.39, 0.29) is 0 Å². The van der Waals surface area contributed by atoms with Crippen molar-refractivity contribution < 1.29 is 0 Å². The zero-order chi connectivity index (χ0) is 11.5. The lowest BCUT2D eigenvalue weighted by Gasteiger charge is -2.03. The predicted octanol–water partition coefficient (Wildman–Crippen LogP) is 5.44. The third-order valence-corrected chi connectivity index (χ3v) is 7.23. The van der Waals surface area contributed by atoms with Crippen molar-refractivity contribution in [3.05, 3.63) is 21.8 Å². The highest BCUT2D eigenvalue weighted by atomic mass is 127. The van der Waals surface area contributed by atoms with Gasteiger partial charge in [-0.1, -0.05) is 24.6 Å². The molecule has 0 N–H and O–H groups in total. The van der Waals surface area contributed by atoms with Crippen LogP contribution in [0.3, 0.4) is 0 Å². The Hall–Kier alpha value is 0.540. The Morgan fingerprint density at radius 2 is 2.31 bits per heavy atom. The highest BCUT2D eigenvalue weighted by Crippen LogP contribution is 2.39. The molecule has 2 aromatic rings. The Kier molecular flexibility index (Phi) is 4.81. The number of hydrogen-bond acceptors (Lipinski definition) is 4. The van der Waals surface area contributed by atoms with E-state index < -0.39 is 0 Å². The highest BCUT2D eigenvalue weighted by Gasteiger charge is 2.07. The molecule has 1 nitrogen and oxygen atoms in total. The van der Waals surface area contributed by atoms with Crippen LogP contribution >= 0.6 is 55.5 Å². The van der Waals surface area contributed by atoms with Gasteiger partial charge in [-0.25, -0.2) is 4.98 Å². The molecular formula is C11H12INS3. The van der Waals surface area contributed by atoms with E-state index in [1.807, 2.05) is 10.8 Å². The van der Waals surface area contributed by atoms with E-state index in [1.54, 1.807) is 22.1 Å². The normalized spacial score (nSPS) is 13.2. The SMILES string of the molecule is CCC(C)SSc1nc2ccc(I)cc2s1. The molecule has 0 radical (unpaired) electrons. The third kappa shape index (κ3) is 3.27.